The number of hydrogen-bond acceptors (Lipinski definition) is 5. The smallest absolute Gasteiger partial charge is 0.254 e. The molecule has 1 spiro atoms. The molecule has 2 fully saturated rings. The van der Waals surface area contributed by atoms with E-state index in [9.17, 15) is 4.79 Å². The van der Waals surface area contributed by atoms with Crippen LogP contribution in [0.5, 0.6) is 0 Å². The Balaban J connectivity index is 1.49. The molecule has 3 heterocycles. The summed E-state index contributed by atoms with van der Waals surface area (Å²) in [6.45, 7) is 6.87. The number of nitrogens with one attached hydrogen (secondary N) is 1. The van der Waals surface area contributed by atoms with Gasteiger partial charge >= 0.3 is 0 Å². The van der Waals surface area contributed by atoms with Gasteiger partial charge in [-0.15, -0.1) is 0 Å². The summed E-state index contributed by atoms with van der Waals surface area (Å²) < 4.78 is 11.5. The quantitative estimate of drug-likeness (QED) is 0.831. The van der Waals surface area contributed by atoms with E-state index in [0.29, 0.717) is 37.7 Å². The molecule has 6 heteroatoms. The highest BCUT2D eigenvalue weighted by Gasteiger charge is 2.40. The minimum atomic E-state index is -0.470. The summed E-state index contributed by atoms with van der Waals surface area (Å²) >= 11 is 0. The Hall–Kier alpha value is -2.44. The van der Waals surface area contributed by atoms with E-state index in [1.807, 2.05) is 11.0 Å². The number of benzene rings is 1. The summed E-state index contributed by atoms with van der Waals surface area (Å²) in [7, 11) is 0. The van der Waals surface area contributed by atoms with Crippen molar-refractivity contribution >= 4 is 17.4 Å². The molecule has 0 bridgehead atoms. The third-order valence-corrected chi connectivity index (χ3v) is 5.88. The Labute approximate surface area is 172 Å². The van der Waals surface area contributed by atoms with Gasteiger partial charge in [-0.3, -0.25) is 4.79 Å². The van der Waals surface area contributed by atoms with E-state index in [0.717, 1.165) is 31.4 Å². The molecule has 6 nitrogen and oxygen atoms in total. The number of hydrogen-bond donors (Lipinski definition) is 1. The van der Waals surface area contributed by atoms with Gasteiger partial charge in [-0.1, -0.05) is 32.0 Å². The first-order chi connectivity index (χ1) is 14.1. The second kappa shape index (κ2) is 8.51. The molecule has 0 radical (unpaired) electrons. The zero-order valence-corrected chi connectivity index (χ0v) is 17.2. The molecule has 2 aromatic rings. The number of piperidine rings is 1. The SMILES string of the molecule is CCc1cccc(CC)c1Nc1cc(C(=O)N2CCC3(CC2)OCCO3)ccn1. The first-order valence-corrected chi connectivity index (χ1v) is 10.5. The molecule has 29 heavy (non-hydrogen) atoms. The molecule has 2 aliphatic rings. The van der Waals surface area contributed by atoms with Gasteiger partial charge in [0.2, 0.25) is 0 Å². The molecular weight excluding hydrogens is 366 g/mol. The lowest BCUT2D eigenvalue weighted by Gasteiger charge is -2.37. The van der Waals surface area contributed by atoms with Crippen LogP contribution in [0, 0.1) is 0 Å². The predicted octanol–water partition coefficient (Wildman–Crippen LogP) is 3.93. The number of aryl methyl sites for hydroxylation is 2. The van der Waals surface area contributed by atoms with Gasteiger partial charge < -0.3 is 19.7 Å². The molecule has 4 rings (SSSR count). The first-order valence-electron chi connectivity index (χ1n) is 10.5. The second-order valence-electron chi connectivity index (χ2n) is 7.61. The van der Waals surface area contributed by atoms with Gasteiger partial charge in [0.25, 0.3) is 5.91 Å². The summed E-state index contributed by atoms with van der Waals surface area (Å²) in [6, 6.07) is 9.99. The summed E-state index contributed by atoms with van der Waals surface area (Å²) in [6.07, 6.45) is 5.02. The molecule has 1 N–H and O–H groups in total. The minimum Gasteiger partial charge on any atom is -0.347 e. The summed E-state index contributed by atoms with van der Waals surface area (Å²) in [5.74, 6) is 0.257. The number of carbonyl (C=O) groups excluding carboxylic acids is 1. The van der Waals surface area contributed by atoms with E-state index in [-0.39, 0.29) is 5.91 Å². The van der Waals surface area contributed by atoms with E-state index >= 15 is 0 Å². The van der Waals surface area contributed by atoms with E-state index in [4.69, 9.17) is 9.47 Å². The number of pyridine rings is 1. The fourth-order valence-electron chi connectivity index (χ4n) is 4.18. The van der Waals surface area contributed by atoms with E-state index in [1.54, 1.807) is 12.3 Å². The Kier molecular flexibility index (Phi) is 5.83. The van der Waals surface area contributed by atoms with Crippen LogP contribution in [-0.2, 0) is 22.3 Å². The number of rotatable bonds is 5. The molecule has 0 saturated carbocycles. The van der Waals surface area contributed by atoms with Crippen molar-refractivity contribution in [2.24, 2.45) is 0 Å². The maximum atomic E-state index is 13.0. The minimum absolute atomic E-state index is 0.0304. The number of amides is 1. The predicted molar refractivity (Wildman–Crippen MR) is 112 cm³/mol. The standard InChI is InChI=1S/C23H29N3O3/c1-3-17-6-5-7-18(4-2)21(17)25-20-16-19(8-11-24-20)22(27)26-12-9-23(10-13-26)28-14-15-29-23/h5-8,11,16H,3-4,9-10,12-15H2,1-2H3,(H,24,25). The first kappa shape index (κ1) is 19.9. The van der Waals surface area contributed by atoms with Gasteiger partial charge in [0.05, 0.1) is 13.2 Å². The average Bonchev–Trinajstić information content (AvgIpc) is 3.22. The maximum absolute atomic E-state index is 13.0. The summed E-state index contributed by atoms with van der Waals surface area (Å²) in [5, 5.41) is 3.46. The third-order valence-electron chi connectivity index (χ3n) is 5.88. The third kappa shape index (κ3) is 4.14. The maximum Gasteiger partial charge on any atom is 0.254 e. The van der Waals surface area contributed by atoms with Crippen LogP contribution < -0.4 is 5.32 Å². The molecule has 1 aromatic carbocycles. The molecule has 2 saturated heterocycles. The van der Waals surface area contributed by atoms with Crippen LogP contribution in [0.15, 0.2) is 36.5 Å². The highest BCUT2D eigenvalue weighted by atomic mass is 16.7. The Morgan fingerprint density at radius 2 is 1.76 bits per heavy atom. The van der Waals surface area contributed by atoms with Crippen molar-refractivity contribution in [1.29, 1.82) is 0 Å². The number of anilines is 2. The monoisotopic (exact) mass is 395 g/mol. The fraction of sp³-hybridized carbons (Fsp3) is 0.478. The van der Waals surface area contributed by atoms with Crippen LogP contribution in [0.1, 0.15) is 48.2 Å². The Morgan fingerprint density at radius 1 is 1.10 bits per heavy atom. The van der Waals surface area contributed by atoms with Gasteiger partial charge in [-0.25, -0.2) is 4.98 Å². The normalized spacial score (nSPS) is 18.2. The summed E-state index contributed by atoms with van der Waals surface area (Å²) in [5.41, 5.74) is 4.25. The van der Waals surface area contributed by atoms with Crippen molar-refractivity contribution in [3.8, 4) is 0 Å². The molecule has 2 aliphatic heterocycles. The average molecular weight is 396 g/mol. The van der Waals surface area contributed by atoms with Crippen LogP contribution in [0.2, 0.25) is 0 Å². The Morgan fingerprint density at radius 3 is 2.38 bits per heavy atom. The van der Waals surface area contributed by atoms with Gasteiger partial charge in [0.15, 0.2) is 5.79 Å². The number of nitrogens with zero attached hydrogens (tertiary/aromatic N) is 2. The highest BCUT2D eigenvalue weighted by molar-refractivity contribution is 5.95. The molecule has 1 amide bonds. The van der Waals surface area contributed by atoms with Crippen molar-refractivity contribution in [3.05, 3.63) is 53.2 Å². The van der Waals surface area contributed by atoms with Crippen LogP contribution >= 0.6 is 0 Å². The van der Waals surface area contributed by atoms with Gasteiger partial charge in [0, 0.05) is 43.4 Å². The van der Waals surface area contributed by atoms with Gasteiger partial charge in [0.1, 0.15) is 5.82 Å². The van der Waals surface area contributed by atoms with Crippen LogP contribution in [0.3, 0.4) is 0 Å². The lowest BCUT2D eigenvalue weighted by atomic mass is 10.0. The molecule has 0 atom stereocenters. The van der Waals surface area contributed by atoms with Crippen LogP contribution in [0.25, 0.3) is 0 Å². The van der Waals surface area contributed by atoms with Crippen LogP contribution in [0.4, 0.5) is 11.5 Å². The molecule has 1 aromatic heterocycles. The van der Waals surface area contributed by atoms with Crippen molar-refractivity contribution in [2.75, 3.05) is 31.6 Å². The molecular formula is C23H29N3O3. The van der Waals surface area contributed by atoms with Crippen molar-refractivity contribution < 1.29 is 14.3 Å². The van der Waals surface area contributed by atoms with E-state index < -0.39 is 5.79 Å². The van der Waals surface area contributed by atoms with Crippen molar-refractivity contribution in [3.63, 3.8) is 0 Å². The highest BCUT2D eigenvalue weighted by Crippen LogP contribution is 2.32. The molecule has 154 valence electrons. The van der Waals surface area contributed by atoms with E-state index in [1.165, 1.54) is 11.1 Å². The number of para-hydroxylation sites is 1. The number of likely N-dealkylation sites (tertiary alicyclic amines) is 1. The lowest BCUT2D eigenvalue weighted by molar-refractivity contribution is -0.181. The van der Waals surface area contributed by atoms with Gasteiger partial charge in [-0.05, 0) is 36.1 Å². The zero-order valence-electron chi connectivity index (χ0n) is 17.2. The van der Waals surface area contributed by atoms with E-state index in [2.05, 4.69) is 42.3 Å². The number of carbonyl (C=O) groups is 1. The Bertz CT molecular complexity index is 845. The zero-order chi connectivity index (χ0) is 20.3. The fourth-order valence-corrected chi connectivity index (χ4v) is 4.18. The van der Waals surface area contributed by atoms with Crippen molar-refractivity contribution in [2.45, 2.75) is 45.3 Å². The van der Waals surface area contributed by atoms with Crippen molar-refractivity contribution in [1.82, 2.24) is 9.88 Å². The molecule has 0 unspecified atom stereocenters. The topological polar surface area (TPSA) is 63.7 Å². The van der Waals surface area contributed by atoms with Crippen LogP contribution in [-0.4, -0.2) is 47.9 Å². The second-order valence-corrected chi connectivity index (χ2v) is 7.61. The van der Waals surface area contributed by atoms with Gasteiger partial charge in [-0.2, -0.15) is 0 Å². The summed E-state index contributed by atoms with van der Waals surface area (Å²) in [4.78, 5) is 19.4. The molecule has 0 aliphatic carbocycles. The largest absolute Gasteiger partial charge is 0.347 e. The number of aromatic nitrogens is 1. The lowest BCUT2D eigenvalue weighted by Crippen LogP contribution is -2.47. The number of ether oxygens (including phenoxy) is 2.